The molecule has 0 radical (unpaired) electrons. The van der Waals surface area contributed by atoms with Crippen molar-refractivity contribution in [2.24, 2.45) is 0 Å². The Balaban J connectivity index is 2.83. The fraction of sp³-hybridized carbons (Fsp3) is 0.429. The third kappa shape index (κ3) is 5.00. The Morgan fingerprint density at radius 3 is 2.47 bits per heavy atom. The molecule has 0 spiro atoms. The molecule has 1 unspecified atom stereocenters. The third-order valence-corrected chi connectivity index (χ3v) is 2.94. The van der Waals surface area contributed by atoms with Crippen molar-refractivity contribution in [1.82, 2.24) is 5.32 Å². The zero-order valence-corrected chi connectivity index (χ0v) is 11.5. The number of nitrogens with one attached hydrogen (secondary N) is 1. The van der Waals surface area contributed by atoms with Gasteiger partial charge in [0, 0.05) is 22.5 Å². The van der Waals surface area contributed by atoms with E-state index in [1.165, 1.54) is 0 Å². The monoisotopic (exact) mass is 269 g/mol. The average molecular weight is 270 g/mol. The van der Waals surface area contributed by atoms with Gasteiger partial charge >= 0.3 is 0 Å². The summed E-state index contributed by atoms with van der Waals surface area (Å²) in [6, 6.07) is 5.85. The van der Waals surface area contributed by atoms with Crippen LogP contribution in [0.1, 0.15) is 37.8 Å². The maximum atomic E-state index is 6.01. The molecule has 1 aromatic carbocycles. The lowest BCUT2D eigenvalue weighted by Gasteiger charge is -2.18. The quantitative estimate of drug-likeness (QED) is 0.753. The van der Waals surface area contributed by atoms with Gasteiger partial charge in [0.15, 0.2) is 0 Å². The van der Waals surface area contributed by atoms with Crippen LogP contribution in [0.3, 0.4) is 0 Å². The number of benzene rings is 1. The molecule has 1 N–H and O–H groups in total. The minimum atomic E-state index is 0.224. The Hall–Kier alpha value is -0.680. The fourth-order valence-corrected chi connectivity index (χ4v) is 2.25. The molecule has 1 atom stereocenters. The van der Waals surface area contributed by atoms with Crippen molar-refractivity contribution in [3.8, 4) is 12.3 Å². The van der Waals surface area contributed by atoms with Gasteiger partial charge in [-0.3, -0.25) is 0 Å². The van der Waals surface area contributed by atoms with Crippen LogP contribution in [0.2, 0.25) is 10.0 Å². The van der Waals surface area contributed by atoms with E-state index in [0.29, 0.717) is 10.0 Å². The maximum Gasteiger partial charge on any atom is 0.0424 e. The van der Waals surface area contributed by atoms with Gasteiger partial charge in [-0.1, -0.05) is 30.1 Å². The molecule has 3 heteroatoms. The second-order valence-corrected chi connectivity index (χ2v) is 4.83. The van der Waals surface area contributed by atoms with Crippen LogP contribution in [0.25, 0.3) is 0 Å². The van der Waals surface area contributed by atoms with Crippen LogP contribution < -0.4 is 5.32 Å². The summed E-state index contributed by atoms with van der Waals surface area (Å²) in [5.74, 6) is 2.67. The second-order valence-electron chi connectivity index (χ2n) is 3.95. The first-order chi connectivity index (χ1) is 8.17. The Morgan fingerprint density at radius 1 is 1.29 bits per heavy atom. The summed E-state index contributed by atoms with van der Waals surface area (Å²) in [6.07, 6.45) is 8.04. The zero-order chi connectivity index (χ0) is 12.7. The van der Waals surface area contributed by atoms with Gasteiger partial charge in [-0.25, -0.2) is 0 Å². The van der Waals surface area contributed by atoms with Crippen LogP contribution in [-0.4, -0.2) is 6.54 Å². The highest BCUT2D eigenvalue weighted by atomic mass is 35.5. The van der Waals surface area contributed by atoms with Gasteiger partial charge < -0.3 is 5.32 Å². The van der Waals surface area contributed by atoms with Gasteiger partial charge in [0.1, 0.15) is 0 Å². The molecule has 0 aliphatic carbocycles. The van der Waals surface area contributed by atoms with E-state index in [-0.39, 0.29) is 6.04 Å². The third-order valence-electron chi connectivity index (χ3n) is 2.51. The Labute approximate surface area is 114 Å². The summed E-state index contributed by atoms with van der Waals surface area (Å²) in [5, 5.41) is 4.79. The Kier molecular flexibility index (Phi) is 6.44. The molecule has 0 amide bonds. The van der Waals surface area contributed by atoms with Gasteiger partial charge in [-0.2, -0.15) is 0 Å². The van der Waals surface area contributed by atoms with Crippen LogP contribution in [0.5, 0.6) is 0 Å². The average Bonchev–Trinajstić information content (AvgIpc) is 2.28. The van der Waals surface area contributed by atoms with E-state index in [0.717, 1.165) is 31.4 Å². The molecule has 0 heterocycles. The highest BCUT2D eigenvalue weighted by molar-refractivity contribution is 6.34. The molecule has 17 heavy (non-hydrogen) atoms. The van der Waals surface area contributed by atoms with Gasteiger partial charge in [-0.15, -0.1) is 12.3 Å². The van der Waals surface area contributed by atoms with Crippen molar-refractivity contribution < 1.29 is 0 Å². The van der Waals surface area contributed by atoms with E-state index in [9.17, 15) is 0 Å². The first-order valence-corrected chi connectivity index (χ1v) is 6.55. The fourth-order valence-electron chi connectivity index (χ4n) is 1.71. The molecule has 0 saturated carbocycles. The van der Waals surface area contributed by atoms with Crippen LogP contribution in [0.4, 0.5) is 0 Å². The van der Waals surface area contributed by atoms with Crippen LogP contribution in [0.15, 0.2) is 18.2 Å². The highest BCUT2D eigenvalue weighted by Gasteiger charge is 2.11. The van der Waals surface area contributed by atoms with Crippen molar-refractivity contribution in [1.29, 1.82) is 0 Å². The predicted octanol–water partition coefficient (Wildman–Crippen LogP) is 4.45. The number of hydrogen-bond acceptors (Lipinski definition) is 1. The molecule has 1 nitrogen and oxygen atoms in total. The molecular formula is C14H17Cl2N. The van der Waals surface area contributed by atoms with E-state index in [1.54, 1.807) is 6.07 Å². The minimum absolute atomic E-state index is 0.224. The van der Waals surface area contributed by atoms with Gasteiger partial charge in [-0.05, 0) is 43.1 Å². The summed E-state index contributed by atoms with van der Waals surface area (Å²) >= 11 is 12.0. The molecule has 0 fully saturated rings. The summed E-state index contributed by atoms with van der Waals surface area (Å²) in [4.78, 5) is 0. The topological polar surface area (TPSA) is 12.0 Å². The van der Waals surface area contributed by atoms with Crippen molar-refractivity contribution in [2.45, 2.75) is 32.2 Å². The molecule has 1 rings (SSSR count). The molecule has 0 aromatic heterocycles. The normalized spacial score (nSPS) is 12.1. The largest absolute Gasteiger partial charge is 0.310 e. The molecule has 0 bridgehead atoms. The predicted molar refractivity (Wildman–Crippen MR) is 75.6 cm³/mol. The second kappa shape index (κ2) is 7.61. The van der Waals surface area contributed by atoms with E-state index < -0.39 is 0 Å². The lowest BCUT2D eigenvalue weighted by Crippen LogP contribution is -2.22. The van der Waals surface area contributed by atoms with E-state index in [1.807, 2.05) is 12.1 Å². The summed E-state index contributed by atoms with van der Waals surface area (Å²) < 4.78 is 0. The number of terminal acetylenes is 1. The van der Waals surface area contributed by atoms with E-state index in [4.69, 9.17) is 29.6 Å². The summed E-state index contributed by atoms with van der Waals surface area (Å²) in [5.41, 5.74) is 1.10. The Bertz CT molecular complexity index is 375. The van der Waals surface area contributed by atoms with Crippen molar-refractivity contribution in [3.63, 3.8) is 0 Å². The molecule has 0 saturated heterocycles. The van der Waals surface area contributed by atoms with Gasteiger partial charge in [0.2, 0.25) is 0 Å². The van der Waals surface area contributed by atoms with Gasteiger partial charge in [0.05, 0.1) is 0 Å². The number of halogens is 2. The molecule has 0 aliphatic rings. The Morgan fingerprint density at radius 2 is 1.94 bits per heavy atom. The molecule has 92 valence electrons. The smallest absolute Gasteiger partial charge is 0.0424 e. The van der Waals surface area contributed by atoms with Crippen LogP contribution >= 0.6 is 23.2 Å². The van der Waals surface area contributed by atoms with E-state index in [2.05, 4.69) is 18.2 Å². The minimum Gasteiger partial charge on any atom is -0.310 e. The SMILES string of the molecule is C#CCCC(NCCC)c1cc(Cl)cc(Cl)c1. The van der Waals surface area contributed by atoms with Crippen molar-refractivity contribution in [3.05, 3.63) is 33.8 Å². The lowest BCUT2D eigenvalue weighted by atomic mass is 10.0. The summed E-state index contributed by atoms with van der Waals surface area (Å²) in [6.45, 7) is 3.09. The lowest BCUT2D eigenvalue weighted by molar-refractivity contribution is 0.505. The highest BCUT2D eigenvalue weighted by Crippen LogP contribution is 2.26. The molecular weight excluding hydrogens is 253 g/mol. The number of rotatable bonds is 6. The zero-order valence-electron chi connectivity index (χ0n) is 9.97. The van der Waals surface area contributed by atoms with Gasteiger partial charge in [0.25, 0.3) is 0 Å². The van der Waals surface area contributed by atoms with Crippen LogP contribution in [0, 0.1) is 12.3 Å². The summed E-state index contributed by atoms with van der Waals surface area (Å²) in [7, 11) is 0. The molecule has 1 aromatic rings. The first-order valence-electron chi connectivity index (χ1n) is 5.80. The van der Waals surface area contributed by atoms with Crippen LogP contribution in [-0.2, 0) is 0 Å². The van der Waals surface area contributed by atoms with Crippen molar-refractivity contribution >= 4 is 23.2 Å². The standard InChI is InChI=1S/C14H17Cl2N/c1-3-5-6-14(17-7-4-2)11-8-12(15)10-13(16)9-11/h1,8-10,14,17H,4-7H2,2H3. The number of hydrogen-bond donors (Lipinski definition) is 1. The first kappa shape index (κ1) is 14.4. The molecule has 0 aliphatic heterocycles. The van der Waals surface area contributed by atoms with Crippen molar-refractivity contribution in [2.75, 3.05) is 6.54 Å². The maximum absolute atomic E-state index is 6.01. The van der Waals surface area contributed by atoms with E-state index >= 15 is 0 Å².